The summed E-state index contributed by atoms with van der Waals surface area (Å²) in [4.78, 5) is 15.8. The number of hydrogen-bond acceptors (Lipinski definition) is 5. The van der Waals surface area contributed by atoms with Crippen LogP contribution in [-0.4, -0.2) is 23.7 Å². The molecule has 0 unspecified atom stereocenters. The van der Waals surface area contributed by atoms with E-state index in [1.807, 2.05) is 40.6 Å². The topological polar surface area (TPSA) is 48.0 Å². The Hall–Kier alpha value is -2.70. The van der Waals surface area contributed by atoms with Crippen molar-refractivity contribution in [2.75, 3.05) is 6.79 Å². The summed E-state index contributed by atoms with van der Waals surface area (Å²) in [6, 6.07) is 16.7. The van der Waals surface area contributed by atoms with E-state index in [-0.39, 0.29) is 18.7 Å². The van der Waals surface area contributed by atoms with E-state index in [9.17, 15) is 4.79 Å². The van der Waals surface area contributed by atoms with Gasteiger partial charge in [-0.05, 0) is 53.4 Å². The van der Waals surface area contributed by atoms with Crippen molar-refractivity contribution in [2.45, 2.75) is 18.7 Å². The molecule has 2 aliphatic heterocycles. The van der Waals surface area contributed by atoms with Crippen LogP contribution < -0.4 is 14.2 Å². The van der Waals surface area contributed by atoms with Gasteiger partial charge < -0.3 is 19.1 Å². The van der Waals surface area contributed by atoms with E-state index in [0.29, 0.717) is 23.1 Å². The minimum Gasteiger partial charge on any atom is -0.478 e. The van der Waals surface area contributed by atoms with Gasteiger partial charge in [0.15, 0.2) is 11.5 Å². The number of thiophene rings is 1. The van der Waals surface area contributed by atoms with Gasteiger partial charge in [0.25, 0.3) is 5.91 Å². The molecule has 0 aliphatic carbocycles. The Morgan fingerprint density at radius 3 is 2.71 bits per heavy atom. The SMILES string of the molecule is O=C1[C@H](Oc2ccc(Cl)cc2)[C@H](c2cccs2)N1Cc1ccc2c(c1)OCO2. The van der Waals surface area contributed by atoms with Crippen LogP contribution in [-0.2, 0) is 11.3 Å². The number of rotatable bonds is 5. The number of β-lactam (4-membered cyclic amide) rings is 1. The quantitative estimate of drug-likeness (QED) is 0.571. The standard InChI is InChI=1S/C21H16ClNO4S/c22-14-4-6-15(7-5-14)27-20-19(18-2-1-9-28-18)23(21(20)24)11-13-3-8-16-17(10-13)26-12-25-16/h1-10,19-20H,11-12H2/t19-,20+/m0/s1. The van der Waals surface area contributed by atoms with Crippen LogP contribution in [0.3, 0.4) is 0 Å². The average Bonchev–Trinajstić information content (AvgIpc) is 3.39. The van der Waals surface area contributed by atoms with E-state index in [4.69, 9.17) is 25.8 Å². The Morgan fingerprint density at radius 2 is 1.93 bits per heavy atom. The van der Waals surface area contributed by atoms with Crippen LogP contribution in [0.1, 0.15) is 16.5 Å². The summed E-state index contributed by atoms with van der Waals surface area (Å²) in [6.45, 7) is 0.717. The highest BCUT2D eigenvalue weighted by Crippen LogP contribution is 2.41. The minimum absolute atomic E-state index is 0.0361. The first-order chi connectivity index (χ1) is 13.7. The molecule has 0 radical (unpaired) electrons. The molecular weight excluding hydrogens is 398 g/mol. The Labute approximate surface area is 171 Å². The molecule has 1 aromatic heterocycles. The number of carbonyl (C=O) groups excluding carboxylic acids is 1. The zero-order valence-electron chi connectivity index (χ0n) is 14.7. The van der Waals surface area contributed by atoms with Crippen LogP contribution in [0.4, 0.5) is 0 Å². The molecule has 1 saturated heterocycles. The maximum atomic E-state index is 12.9. The maximum absolute atomic E-state index is 12.9. The molecule has 0 bridgehead atoms. The number of nitrogens with zero attached hydrogens (tertiary/aromatic N) is 1. The third-order valence-electron chi connectivity index (χ3n) is 4.85. The third-order valence-corrected chi connectivity index (χ3v) is 6.05. The van der Waals surface area contributed by atoms with Crippen molar-refractivity contribution in [3.05, 3.63) is 75.4 Å². The van der Waals surface area contributed by atoms with E-state index in [1.54, 1.807) is 35.6 Å². The Morgan fingerprint density at radius 1 is 1.11 bits per heavy atom. The lowest BCUT2D eigenvalue weighted by Gasteiger charge is -2.46. The molecule has 5 nitrogen and oxygen atoms in total. The lowest BCUT2D eigenvalue weighted by molar-refractivity contribution is -0.165. The van der Waals surface area contributed by atoms with Crippen LogP contribution in [0.25, 0.3) is 0 Å². The fourth-order valence-electron chi connectivity index (χ4n) is 3.47. The number of amides is 1. The molecule has 142 valence electrons. The van der Waals surface area contributed by atoms with Gasteiger partial charge in [-0.3, -0.25) is 4.79 Å². The van der Waals surface area contributed by atoms with Gasteiger partial charge in [-0.2, -0.15) is 0 Å². The zero-order chi connectivity index (χ0) is 19.1. The predicted molar refractivity (Wildman–Crippen MR) is 106 cm³/mol. The average molecular weight is 414 g/mol. The molecule has 28 heavy (non-hydrogen) atoms. The molecule has 7 heteroatoms. The smallest absolute Gasteiger partial charge is 0.267 e. The highest BCUT2D eigenvalue weighted by molar-refractivity contribution is 7.10. The Balaban J connectivity index is 1.38. The summed E-state index contributed by atoms with van der Waals surface area (Å²) in [6.07, 6.45) is -0.547. The summed E-state index contributed by atoms with van der Waals surface area (Å²) in [5.74, 6) is 2.04. The summed E-state index contributed by atoms with van der Waals surface area (Å²) in [7, 11) is 0. The van der Waals surface area contributed by atoms with E-state index < -0.39 is 6.10 Å². The van der Waals surface area contributed by atoms with Crippen LogP contribution in [0.5, 0.6) is 17.2 Å². The fraction of sp³-hybridized carbons (Fsp3) is 0.190. The van der Waals surface area contributed by atoms with Gasteiger partial charge in [0.05, 0.1) is 0 Å². The number of carbonyl (C=O) groups is 1. The number of ether oxygens (including phenoxy) is 3. The number of likely N-dealkylation sites (tertiary alicyclic amines) is 1. The van der Waals surface area contributed by atoms with Gasteiger partial charge in [-0.25, -0.2) is 0 Å². The van der Waals surface area contributed by atoms with Crippen molar-refractivity contribution in [3.8, 4) is 17.2 Å². The van der Waals surface area contributed by atoms with Gasteiger partial charge in [0.1, 0.15) is 11.8 Å². The first-order valence-corrected chi connectivity index (χ1v) is 10.1. The predicted octanol–water partition coefficient (Wildman–Crippen LogP) is 4.66. The lowest BCUT2D eigenvalue weighted by Crippen LogP contribution is -2.60. The van der Waals surface area contributed by atoms with Gasteiger partial charge in [0.2, 0.25) is 12.9 Å². The minimum atomic E-state index is -0.547. The molecule has 3 aromatic rings. The van der Waals surface area contributed by atoms with Gasteiger partial charge >= 0.3 is 0 Å². The Bertz CT molecular complexity index is 1010. The second-order valence-corrected chi connectivity index (χ2v) is 8.02. The molecule has 5 rings (SSSR count). The van der Waals surface area contributed by atoms with Crippen molar-refractivity contribution in [1.82, 2.24) is 4.90 Å². The third kappa shape index (κ3) is 3.08. The van der Waals surface area contributed by atoms with Crippen molar-refractivity contribution in [1.29, 1.82) is 0 Å². The second kappa shape index (κ2) is 7.04. The van der Waals surface area contributed by atoms with Crippen molar-refractivity contribution >= 4 is 28.8 Å². The first kappa shape index (κ1) is 17.4. The van der Waals surface area contributed by atoms with Crippen LogP contribution >= 0.6 is 22.9 Å². The molecule has 0 saturated carbocycles. The van der Waals surface area contributed by atoms with Crippen molar-refractivity contribution in [3.63, 3.8) is 0 Å². The van der Waals surface area contributed by atoms with Crippen molar-refractivity contribution < 1.29 is 19.0 Å². The number of hydrogen-bond donors (Lipinski definition) is 0. The van der Waals surface area contributed by atoms with E-state index in [0.717, 1.165) is 16.2 Å². The maximum Gasteiger partial charge on any atom is 0.267 e. The fourth-order valence-corrected chi connectivity index (χ4v) is 4.45. The van der Waals surface area contributed by atoms with E-state index in [2.05, 4.69) is 0 Å². The monoisotopic (exact) mass is 413 g/mol. The largest absolute Gasteiger partial charge is 0.478 e. The van der Waals surface area contributed by atoms with Gasteiger partial charge in [-0.1, -0.05) is 23.7 Å². The molecule has 1 fully saturated rings. The number of benzene rings is 2. The highest BCUT2D eigenvalue weighted by atomic mass is 35.5. The normalized spacial score (nSPS) is 20.2. The molecule has 2 atom stereocenters. The van der Waals surface area contributed by atoms with Crippen molar-refractivity contribution in [2.24, 2.45) is 0 Å². The molecule has 2 aromatic carbocycles. The van der Waals surface area contributed by atoms with Crippen LogP contribution in [0.2, 0.25) is 5.02 Å². The number of halogens is 1. The van der Waals surface area contributed by atoms with Gasteiger partial charge in [-0.15, -0.1) is 11.3 Å². The van der Waals surface area contributed by atoms with E-state index >= 15 is 0 Å². The molecule has 0 spiro atoms. The first-order valence-electron chi connectivity index (χ1n) is 8.84. The number of fused-ring (bicyclic) bond motifs is 1. The summed E-state index contributed by atoms with van der Waals surface area (Å²) in [5, 5.41) is 2.64. The van der Waals surface area contributed by atoms with E-state index in [1.165, 1.54) is 0 Å². The zero-order valence-corrected chi connectivity index (χ0v) is 16.3. The molecule has 0 N–H and O–H groups in total. The molecular formula is C21H16ClNO4S. The molecule has 3 heterocycles. The lowest BCUT2D eigenvalue weighted by atomic mass is 9.95. The summed E-state index contributed by atoms with van der Waals surface area (Å²) >= 11 is 7.56. The van der Waals surface area contributed by atoms with Crippen LogP contribution in [0, 0.1) is 0 Å². The molecule has 2 aliphatic rings. The van der Waals surface area contributed by atoms with Crippen LogP contribution in [0.15, 0.2) is 60.0 Å². The molecule has 1 amide bonds. The summed E-state index contributed by atoms with van der Waals surface area (Å²) < 4.78 is 16.8. The highest BCUT2D eigenvalue weighted by Gasteiger charge is 2.50. The summed E-state index contributed by atoms with van der Waals surface area (Å²) in [5.41, 5.74) is 0.990. The Kier molecular flexibility index (Phi) is 4.37. The second-order valence-electron chi connectivity index (χ2n) is 6.61. The van der Waals surface area contributed by atoms with Gasteiger partial charge in [0, 0.05) is 16.4 Å².